The van der Waals surface area contributed by atoms with Crippen LogP contribution in [0.4, 0.5) is 5.82 Å². The third kappa shape index (κ3) is 3.69. The van der Waals surface area contributed by atoms with Crippen LogP contribution in [-0.2, 0) is 19.4 Å². The van der Waals surface area contributed by atoms with Crippen LogP contribution >= 0.6 is 0 Å². The lowest BCUT2D eigenvalue weighted by Crippen LogP contribution is -2.16. The summed E-state index contributed by atoms with van der Waals surface area (Å²) in [7, 11) is 0. The fourth-order valence-electron chi connectivity index (χ4n) is 4.58. The van der Waals surface area contributed by atoms with Crippen LogP contribution in [0.25, 0.3) is 22.3 Å². The molecular formula is C25H25N5O. The van der Waals surface area contributed by atoms with Crippen LogP contribution in [-0.4, -0.2) is 25.5 Å². The first-order valence-corrected chi connectivity index (χ1v) is 10.8. The number of hydrogen-bond acceptors (Lipinski definition) is 5. The number of rotatable bonds is 5. The van der Waals surface area contributed by atoms with Crippen LogP contribution in [0, 0.1) is 5.92 Å². The van der Waals surface area contributed by atoms with Crippen LogP contribution in [0.5, 0.6) is 0 Å². The summed E-state index contributed by atoms with van der Waals surface area (Å²) in [4.78, 5) is 20.3. The first-order valence-electron chi connectivity index (χ1n) is 10.8. The molecule has 0 saturated heterocycles. The summed E-state index contributed by atoms with van der Waals surface area (Å²) in [6, 6.07) is 16.2. The number of aromatic nitrogens is 4. The Kier molecular flexibility index (Phi) is 4.98. The van der Waals surface area contributed by atoms with Crippen molar-refractivity contribution in [3.63, 3.8) is 0 Å². The van der Waals surface area contributed by atoms with Gasteiger partial charge in [-0.2, -0.15) is 5.10 Å². The highest BCUT2D eigenvalue weighted by molar-refractivity contribution is 5.99. The van der Waals surface area contributed by atoms with Crippen molar-refractivity contribution in [1.29, 1.82) is 0 Å². The Hall–Kier alpha value is -3.54. The van der Waals surface area contributed by atoms with Gasteiger partial charge in [0.25, 0.3) is 0 Å². The smallest absolute Gasteiger partial charge is 0.163 e. The van der Waals surface area contributed by atoms with E-state index in [-0.39, 0.29) is 5.78 Å². The molecular weight excluding hydrogens is 386 g/mol. The second-order valence-corrected chi connectivity index (χ2v) is 8.33. The third-order valence-electron chi connectivity index (χ3n) is 6.32. The van der Waals surface area contributed by atoms with Crippen molar-refractivity contribution in [2.45, 2.75) is 39.2 Å². The summed E-state index contributed by atoms with van der Waals surface area (Å²) in [6.45, 7) is 2.35. The standard InChI is InChI=1S/C25H25N5O/c1-16(31)18-8-10-20(11-9-18)23-22-24(26)27-15-28-25(22)30(29-23)13-12-17-6-7-19-4-2-3-5-21(19)14-17/h2-5,8-11,15,17H,6-7,12-14H2,1H3,(H2,26,27,28). The normalized spacial score (nSPS) is 15.7. The van der Waals surface area contributed by atoms with E-state index < -0.39 is 0 Å². The number of Topliss-reactive ketones (excluding diaryl/α,β-unsaturated/α-hetero) is 1. The quantitative estimate of drug-likeness (QED) is 0.490. The molecule has 0 spiro atoms. The SMILES string of the molecule is CC(=O)c1ccc(-c2nn(CCC3CCc4ccccc4C3)c3ncnc(N)c23)cc1. The van der Waals surface area contributed by atoms with E-state index in [2.05, 4.69) is 34.2 Å². The van der Waals surface area contributed by atoms with Gasteiger partial charge in [0.1, 0.15) is 17.8 Å². The minimum Gasteiger partial charge on any atom is -0.383 e. The highest BCUT2D eigenvalue weighted by Crippen LogP contribution is 2.32. The van der Waals surface area contributed by atoms with E-state index in [1.807, 2.05) is 28.9 Å². The maximum absolute atomic E-state index is 11.6. The van der Waals surface area contributed by atoms with Gasteiger partial charge in [0.05, 0.1) is 5.39 Å². The number of carbonyl (C=O) groups is 1. The number of anilines is 1. The second kappa shape index (κ2) is 7.95. The number of fused-ring (bicyclic) bond motifs is 2. The molecule has 4 aromatic rings. The lowest BCUT2D eigenvalue weighted by Gasteiger charge is -2.24. The molecule has 0 saturated carbocycles. The predicted molar refractivity (Wildman–Crippen MR) is 122 cm³/mol. The number of nitrogens with two attached hydrogens (primary N) is 1. The van der Waals surface area contributed by atoms with Gasteiger partial charge in [-0.05, 0) is 49.7 Å². The molecule has 6 nitrogen and oxygen atoms in total. The largest absolute Gasteiger partial charge is 0.383 e. The highest BCUT2D eigenvalue weighted by Gasteiger charge is 2.21. The number of benzene rings is 2. The van der Waals surface area contributed by atoms with E-state index in [1.165, 1.54) is 23.9 Å². The van der Waals surface area contributed by atoms with E-state index in [4.69, 9.17) is 10.8 Å². The number of hydrogen-bond donors (Lipinski definition) is 1. The molecule has 2 aromatic heterocycles. The van der Waals surface area contributed by atoms with Gasteiger partial charge >= 0.3 is 0 Å². The van der Waals surface area contributed by atoms with Gasteiger partial charge in [-0.1, -0.05) is 48.5 Å². The highest BCUT2D eigenvalue weighted by atomic mass is 16.1. The Bertz CT molecular complexity index is 1260. The summed E-state index contributed by atoms with van der Waals surface area (Å²) >= 11 is 0. The average molecular weight is 412 g/mol. The van der Waals surface area contributed by atoms with Gasteiger partial charge in [0, 0.05) is 17.7 Å². The Balaban J connectivity index is 1.43. The minimum absolute atomic E-state index is 0.0406. The molecule has 1 aliphatic rings. The Morgan fingerprint density at radius 1 is 1.10 bits per heavy atom. The number of nitrogens with zero attached hydrogens (tertiary/aromatic N) is 4. The predicted octanol–water partition coefficient (Wildman–Crippen LogP) is 4.47. The van der Waals surface area contributed by atoms with Gasteiger partial charge in [0.15, 0.2) is 11.4 Å². The van der Waals surface area contributed by atoms with E-state index in [9.17, 15) is 4.79 Å². The van der Waals surface area contributed by atoms with E-state index >= 15 is 0 Å². The lowest BCUT2D eigenvalue weighted by molar-refractivity contribution is 0.101. The van der Waals surface area contributed by atoms with Crippen molar-refractivity contribution in [3.8, 4) is 11.3 Å². The maximum Gasteiger partial charge on any atom is 0.163 e. The molecule has 156 valence electrons. The molecule has 0 radical (unpaired) electrons. The third-order valence-corrected chi connectivity index (χ3v) is 6.32. The van der Waals surface area contributed by atoms with Crippen LogP contribution < -0.4 is 5.73 Å². The number of ketones is 1. The van der Waals surface area contributed by atoms with Crippen LogP contribution in [0.15, 0.2) is 54.9 Å². The molecule has 1 atom stereocenters. The van der Waals surface area contributed by atoms with Gasteiger partial charge in [-0.3, -0.25) is 4.79 Å². The Morgan fingerprint density at radius 2 is 1.87 bits per heavy atom. The molecule has 1 aliphatic carbocycles. The van der Waals surface area contributed by atoms with Crippen molar-refractivity contribution in [1.82, 2.24) is 19.7 Å². The number of nitrogen functional groups attached to an aromatic ring is 1. The first kappa shape index (κ1) is 19.4. The van der Waals surface area contributed by atoms with Crippen molar-refractivity contribution in [3.05, 3.63) is 71.5 Å². The van der Waals surface area contributed by atoms with Crippen molar-refractivity contribution >= 4 is 22.6 Å². The monoisotopic (exact) mass is 411 g/mol. The van der Waals surface area contributed by atoms with E-state index in [0.29, 0.717) is 17.3 Å². The summed E-state index contributed by atoms with van der Waals surface area (Å²) in [5.74, 6) is 1.10. The van der Waals surface area contributed by atoms with Gasteiger partial charge in [-0.25, -0.2) is 14.6 Å². The van der Waals surface area contributed by atoms with Crippen molar-refractivity contribution < 1.29 is 4.79 Å². The molecule has 1 unspecified atom stereocenters. The minimum atomic E-state index is 0.0406. The first-order chi connectivity index (χ1) is 15.1. The van der Waals surface area contributed by atoms with Gasteiger partial charge < -0.3 is 5.73 Å². The van der Waals surface area contributed by atoms with Crippen molar-refractivity contribution in [2.24, 2.45) is 5.92 Å². The zero-order valence-corrected chi connectivity index (χ0v) is 17.6. The topological polar surface area (TPSA) is 86.7 Å². The molecule has 0 aliphatic heterocycles. The lowest BCUT2D eigenvalue weighted by atomic mass is 9.82. The molecule has 2 aromatic carbocycles. The molecule has 2 heterocycles. The zero-order chi connectivity index (χ0) is 21.4. The zero-order valence-electron chi connectivity index (χ0n) is 17.6. The molecule has 0 fully saturated rings. The molecule has 5 rings (SSSR count). The summed E-state index contributed by atoms with van der Waals surface area (Å²) in [5, 5.41) is 5.64. The van der Waals surface area contributed by atoms with Crippen LogP contribution in [0.2, 0.25) is 0 Å². The van der Waals surface area contributed by atoms with Crippen molar-refractivity contribution in [2.75, 3.05) is 5.73 Å². The second-order valence-electron chi connectivity index (χ2n) is 8.33. The van der Waals surface area contributed by atoms with Crippen LogP contribution in [0.3, 0.4) is 0 Å². The molecule has 0 bridgehead atoms. The van der Waals surface area contributed by atoms with Gasteiger partial charge in [0.2, 0.25) is 0 Å². The Morgan fingerprint density at radius 3 is 2.65 bits per heavy atom. The molecule has 31 heavy (non-hydrogen) atoms. The summed E-state index contributed by atoms with van der Waals surface area (Å²) in [6.07, 6.45) is 6.00. The fourth-order valence-corrected chi connectivity index (χ4v) is 4.58. The average Bonchev–Trinajstić information content (AvgIpc) is 3.17. The number of aryl methyl sites for hydroxylation is 2. The molecule has 6 heteroatoms. The fraction of sp³-hybridized carbons (Fsp3) is 0.280. The number of carbonyl (C=O) groups excluding carboxylic acids is 1. The summed E-state index contributed by atoms with van der Waals surface area (Å²) in [5.41, 5.74) is 12.3. The maximum atomic E-state index is 11.6. The summed E-state index contributed by atoms with van der Waals surface area (Å²) < 4.78 is 1.96. The van der Waals surface area contributed by atoms with E-state index in [0.717, 1.165) is 48.1 Å². The van der Waals surface area contributed by atoms with E-state index in [1.54, 1.807) is 6.92 Å². The molecule has 0 amide bonds. The molecule has 2 N–H and O–H groups in total. The van der Waals surface area contributed by atoms with Gasteiger partial charge in [-0.15, -0.1) is 0 Å². The van der Waals surface area contributed by atoms with Crippen LogP contribution in [0.1, 0.15) is 41.3 Å². The Labute approximate surface area is 181 Å².